The third-order valence-corrected chi connectivity index (χ3v) is 5.67. The molecule has 1 N–H and O–H groups in total. The molecule has 0 aliphatic carbocycles. The fraction of sp³-hybridized carbons (Fsp3) is 0.0800. The van der Waals surface area contributed by atoms with Crippen LogP contribution >= 0.6 is 11.6 Å². The van der Waals surface area contributed by atoms with Crippen LogP contribution in [0.5, 0.6) is 5.75 Å². The van der Waals surface area contributed by atoms with Crippen LogP contribution in [0.1, 0.15) is 16.7 Å². The first-order valence-electron chi connectivity index (χ1n) is 10.4. The van der Waals surface area contributed by atoms with Crippen LogP contribution in [-0.4, -0.2) is 22.8 Å². The van der Waals surface area contributed by atoms with Gasteiger partial charge >= 0.3 is 6.03 Å². The molecule has 1 aliphatic heterocycles. The number of nitrogens with one attached hydrogen (secondary N) is 1. The summed E-state index contributed by atoms with van der Waals surface area (Å²) in [5.74, 6) is -1.04. The zero-order valence-corrected chi connectivity index (χ0v) is 19.1. The minimum absolute atomic E-state index is 0.00169. The fourth-order valence-electron chi connectivity index (χ4n) is 3.32. The normalized spacial score (nSPS) is 14.7. The molecule has 176 valence electrons. The van der Waals surface area contributed by atoms with Crippen LogP contribution < -0.4 is 15.0 Å². The van der Waals surface area contributed by atoms with Gasteiger partial charge in [0, 0.05) is 17.2 Å². The monoisotopic (exact) mass is 491 g/mol. The molecule has 0 atom stereocenters. The van der Waals surface area contributed by atoms with Gasteiger partial charge in [0.25, 0.3) is 17.5 Å². The summed E-state index contributed by atoms with van der Waals surface area (Å²) in [4.78, 5) is 48.9. The summed E-state index contributed by atoms with van der Waals surface area (Å²) in [6.45, 7) is 1.99. The standard InChI is InChI=1S/C25H18ClN3O6/c1-15-2-7-19(13-22(15)26)28-24(31)21(23(30)27-25(28)32)12-16-5-10-20(11-6-16)35-14-17-3-8-18(9-4-17)29(33)34/h2-13H,14H2,1H3,(H,27,30,32)/b21-12+. The molecule has 0 spiro atoms. The maximum Gasteiger partial charge on any atom is 0.335 e. The molecule has 1 heterocycles. The van der Waals surface area contributed by atoms with E-state index in [0.29, 0.717) is 16.3 Å². The Morgan fingerprint density at radius 1 is 1.03 bits per heavy atom. The molecule has 4 amide bonds. The molecule has 3 aromatic carbocycles. The molecule has 0 unspecified atom stereocenters. The molecule has 0 aromatic heterocycles. The van der Waals surface area contributed by atoms with Gasteiger partial charge in [-0.15, -0.1) is 0 Å². The van der Waals surface area contributed by atoms with E-state index in [1.165, 1.54) is 24.3 Å². The Morgan fingerprint density at radius 3 is 2.34 bits per heavy atom. The predicted molar refractivity (Wildman–Crippen MR) is 129 cm³/mol. The van der Waals surface area contributed by atoms with Gasteiger partial charge in [0.05, 0.1) is 10.6 Å². The lowest BCUT2D eigenvalue weighted by atomic mass is 10.1. The van der Waals surface area contributed by atoms with E-state index in [1.807, 2.05) is 0 Å². The number of nitro groups is 1. The van der Waals surface area contributed by atoms with Crippen LogP contribution in [0.15, 0.2) is 72.3 Å². The maximum atomic E-state index is 13.0. The van der Waals surface area contributed by atoms with Crippen molar-refractivity contribution in [3.63, 3.8) is 0 Å². The summed E-state index contributed by atoms with van der Waals surface area (Å²) in [6, 6.07) is 16.5. The number of non-ortho nitro benzene ring substituents is 1. The first kappa shape index (κ1) is 23.7. The van der Waals surface area contributed by atoms with Crippen molar-refractivity contribution in [3.05, 3.63) is 104 Å². The van der Waals surface area contributed by atoms with Crippen molar-refractivity contribution in [2.45, 2.75) is 13.5 Å². The average Bonchev–Trinajstić information content (AvgIpc) is 2.83. The van der Waals surface area contributed by atoms with Crippen molar-refractivity contribution in [1.29, 1.82) is 0 Å². The Balaban J connectivity index is 1.49. The number of amides is 4. The smallest absolute Gasteiger partial charge is 0.335 e. The Labute approximate surface area is 204 Å². The summed E-state index contributed by atoms with van der Waals surface area (Å²) in [5.41, 5.74) is 2.12. The summed E-state index contributed by atoms with van der Waals surface area (Å²) in [7, 11) is 0. The van der Waals surface area contributed by atoms with E-state index in [-0.39, 0.29) is 23.6 Å². The summed E-state index contributed by atoms with van der Waals surface area (Å²) < 4.78 is 5.69. The van der Waals surface area contributed by atoms with Crippen LogP contribution in [-0.2, 0) is 16.2 Å². The van der Waals surface area contributed by atoms with E-state index in [2.05, 4.69) is 5.32 Å². The third-order valence-electron chi connectivity index (χ3n) is 5.26. The van der Waals surface area contributed by atoms with Gasteiger partial charge in [-0.25, -0.2) is 9.69 Å². The van der Waals surface area contributed by atoms with E-state index in [9.17, 15) is 24.5 Å². The van der Waals surface area contributed by atoms with Crippen LogP contribution in [0.25, 0.3) is 6.08 Å². The van der Waals surface area contributed by atoms with E-state index in [4.69, 9.17) is 16.3 Å². The molecule has 35 heavy (non-hydrogen) atoms. The summed E-state index contributed by atoms with van der Waals surface area (Å²) in [5, 5.41) is 13.3. The number of hydrogen-bond acceptors (Lipinski definition) is 6. The lowest BCUT2D eigenvalue weighted by Crippen LogP contribution is -2.54. The Hall–Kier alpha value is -4.50. The van der Waals surface area contributed by atoms with E-state index >= 15 is 0 Å². The van der Waals surface area contributed by atoms with Gasteiger partial charge in [-0.3, -0.25) is 25.0 Å². The number of hydrogen-bond donors (Lipinski definition) is 1. The van der Waals surface area contributed by atoms with Gasteiger partial charge in [0.15, 0.2) is 0 Å². The number of halogens is 1. The molecule has 10 heteroatoms. The number of carbonyl (C=O) groups is 3. The zero-order valence-electron chi connectivity index (χ0n) is 18.4. The number of nitrogens with zero attached hydrogens (tertiary/aromatic N) is 2. The van der Waals surface area contributed by atoms with E-state index < -0.39 is 22.8 Å². The van der Waals surface area contributed by atoms with Crippen molar-refractivity contribution in [3.8, 4) is 5.75 Å². The third kappa shape index (κ3) is 5.20. The van der Waals surface area contributed by atoms with Crippen LogP contribution in [0.4, 0.5) is 16.2 Å². The van der Waals surface area contributed by atoms with Crippen molar-refractivity contribution in [1.82, 2.24) is 5.32 Å². The Morgan fingerprint density at radius 2 is 1.71 bits per heavy atom. The number of barbiturate groups is 1. The first-order valence-corrected chi connectivity index (χ1v) is 10.7. The van der Waals surface area contributed by atoms with Crippen molar-refractivity contribution in [2.24, 2.45) is 0 Å². The highest BCUT2D eigenvalue weighted by Gasteiger charge is 2.36. The summed E-state index contributed by atoms with van der Waals surface area (Å²) >= 11 is 6.13. The molecule has 3 aromatic rings. The topological polar surface area (TPSA) is 119 Å². The molecule has 0 saturated carbocycles. The van der Waals surface area contributed by atoms with Gasteiger partial charge in [-0.2, -0.15) is 0 Å². The van der Waals surface area contributed by atoms with Crippen LogP contribution in [0.3, 0.4) is 0 Å². The SMILES string of the molecule is Cc1ccc(N2C(=O)NC(=O)/C(=C\c3ccc(OCc4ccc([N+](=O)[O-])cc4)cc3)C2=O)cc1Cl. The highest BCUT2D eigenvalue weighted by molar-refractivity contribution is 6.39. The first-order chi connectivity index (χ1) is 16.7. The zero-order chi connectivity index (χ0) is 25.1. The number of benzene rings is 3. The molecular formula is C25H18ClN3O6. The second kappa shape index (κ2) is 9.78. The lowest BCUT2D eigenvalue weighted by Gasteiger charge is -2.26. The number of ether oxygens (including phenoxy) is 1. The second-order valence-corrected chi connectivity index (χ2v) is 8.08. The Kier molecular flexibility index (Phi) is 6.61. The number of anilines is 1. The molecule has 9 nitrogen and oxygen atoms in total. The minimum atomic E-state index is -0.855. The lowest BCUT2D eigenvalue weighted by molar-refractivity contribution is -0.384. The molecular weight excluding hydrogens is 474 g/mol. The van der Waals surface area contributed by atoms with E-state index in [0.717, 1.165) is 16.0 Å². The van der Waals surface area contributed by atoms with Crippen molar-refractivity contribution < 1.29 is 24.0 Å². The number of urea groups is 1. The molecule has 1 saturated heterocycles. The van der Waals surface area contributed by atoms with Gasteiger partial charge in [0.2, 0.25) is 0 Å². The molecule has 4 rings (SSSR count). The van der Waals surface area contributed by atoms with Gasteiger partial charge in [0.1, 0.15) is 17.9 Å². The van der Waals surface area contributed by atoms with E-state index in [1.54, 1.807) is 55.5 Å². The van der Waals surface area contributed by atoms with Crippen molar-refractivity contribution in [2.75, 3.05) is 4.90 Å². The number of rotatable bonds is 6. The van der Waals surface area contributed by atoms with Crippen LogP contribution in [0.2, 0.25) is 5.02 Å². The Bertz CT molecular complexity index is 1370. The second-order valence-electron chi connectivity index (χ2n) is 7.67. The van der Waals surface area contributed by atoms with Crippen LogP contribution in [0, 0.1) is 17.0 Å². The minimum Gasteiger partial charge on any atom is -0.489 e. The van der Waals surface area contributed by atoms with Gasteiger partial charge in [-0.05, 0) is 66.1 Å². The highest BCUT2D eigenvalue weighted by atomic mass is 35.5. The van der Waals surface area contributed by atoms with Crippen molar-refractivity contribution >= 4 is 46.9 Å². The molecule has 0 bridgehead atoms. The number of imide groups is 2. The predicted octanol–water partition coefficient (Wildman–Crippen LogP) is 4.80. The summed E-state index contributed by atoms with van der Waals surface area (Å²) in [6.07, 6.45) is 1.38. The van der Waals surface area contributed by atoms with Gasteiger partial charge < -0.3 is 4.74 Å². The number of aryl methyl sites for hydroxylation is 1. The molecule has 1 aliphatic rings. The van der Waals surface area contributed by atoms with Gasteiger partial charge in [-0.1, -0.05) is 29.8 Å². The maximum absolute atomic E-state index is 13.0. The number of carbonyl (C=O) groups excluding carboxylic acids is 3. The average molecular weight is 492 g/mol. The number of nitro benzene ring substituents is 1. The fourth-order valence-corrected chi connectivity index (χ4v) is 3.50. The quantitative estimate of drug-likeness (QED) is 0.229. The largest absolute Gasteiger partial charge is 0.489 e. The molecule has 0 radical (unpaired) electrons. The highest BCUT2D eigenvalue weighted by Crippen LogP contribution is 2.27. The molecule has 1 fully saturated rings.